The number of hydrogen-bond acceptors (Lipinski definition) is 5. The van der Waals surface area contributed by atoms with Crippen LogP contribution in [0.3, 0.4) is 0 Å². The van der Waals surface area contributed by atoms with E-state index in [1.54, 1.807) is 19.2 Å². The highest BCUT2D eigenvalue weighted by atomic mass is 16.5. The number of para-hydroxylation sites is 1. The summed E-state index contributed by atoms with van der Waals surface area (Å²) in [5, 5.41) is 11.3. The van der Waals surface area contributed by atoms with Gasteiger partial charge in [-0.1, -0.05) is 18.2 Å². The Morgan fingerprint density at radius 3 is 2.65 bits per heavy atom. The van der Waals surface area contributed by atoms with Gasteiger partial charge in [-0.15, -0.1) is 10.2 Å². The number of carbonyl (C=O) groups excluding carboxylic acids is 1. The molecule has 0 saturated carbocycles. The number of anilines is 1. The second kappa shape index (κ2) is 7.09. The molecule has 0 unspecified atom stereocenters. The Kier molecular flexibility index (Phi) is 4.71. The molecular weight excluding hydrogens is 292 g/mol. The van der Waals surface area contributed by atoms with E-state index in [1.807, 2.05) is 29.2 Å². The molecule has 0 spiro atoms. The van der Waals surface area contributed by atoms with Crippen LogP contribution < -0.4 is 10.1 Å². The predicted molar refractivity (Wildman–Crippen MR) is 87.5 cm³/mol. The van der Waals surface area contributed by atoms with Gasteiger partial charge in [-0.2, -0.15) is 0 Å². The maximum absolute atomic E-state index is 12.2. The van der Waals surface area contributed by atoms with Gasteiger partial charge in [-0.25, -0.2) is 0 Å². The molecule has 3 rings (SSSR count). The Bertz CT molecular complexity index is 667. The molecule has 23 heavy (non-hydrogen) atoms. The molecular formula is C17H20N4O2. The first kappa shape index (κ1) is 15.3. The quantitative estimate of drug-likeness (QED) is 0.918. The molecule has 2 heterocycles. The number of nitrogens with zero attached hydrogens (tertiary/aromatic N) is 3. The first-order chi connectivity index (χ1) is 11.3. The molecule has 0 bridgehead atoms. The van der Waals surface area contributed by atoms with E-state index < -0.39 is 0 Å². The van der Waals surface area contributed by atoms with Crippen LogP contribution in [0.4, 0.5) is 5.82 Å². The largest absolute Gasteiger partial charge is 0.496 e. The van der Waals surface area contributed by atoms with Crippen LogP contribution in [0, 0.1) is 0 Å². The Morgan fingerprint density at radius 2 is 1.96 bits per heavy atom. The van der Waals surface area contributed by atoms with E-state index in [0.717, 1.165) is 37.2 Å². The van der Waals surface area contributed by atoms with Gasteiger partial charge >= 0.3 is 0 Å². The average Bonchev–Trinajstić information content (AvgIpc) is 3.14. The van der Waals surface area contributed by atoms with Crippen LogP contribution >= 0.6 is 0 Å². The number of nitrogens with one attached hydrogen (secondary N) is 1. The topological polar surface area (TPSA) is 67.3 Å². The Hall–Kier alpha value is -2.63. The number of carbonyl (C=O) groups is 1. The number of benzene rings is 1. The monoisotopic (exact) mass is 312 g/mol. The van der Waals surface area contributed by atoms with E-state index in [2.05, 4.69) is 15.5 Å². The molecule has 2 aromatic rings. The number of methoxy groups -OCH3 is 1. The molecule has 6 heteroatoms. The van der Waals surface area contributed by atoms with E-state index in [-0.39, 0.29) is 5.91 Å². The minimum atomic E-state index is -0.0359. The van der Waals surface area contributed by atoms with Crippen LogP contribution in [-0.4, -0.2) is 41.2 Å². The number of aromatic nitrogens is 2. The van der Waals surface area contributed by atoms with Gasteiger partial charge in [0.15, 0.2) is 5.69 Å². The lowest BCUT2D eigenvalue weighted by Gasteiger charge is -2.14. The smallest absolute Gasteiger partial charge is 0.274 e. The maximum Gasteiger partial charge on any atom is 0.274 e. The fourth-order valence-corrected chi connectivity index (χ4v) is 2.66. The summed E-state index contributed by atoms with van der Waals surface area (Å²) in [6, 6.07) is 11.3. The first-order valence-corrected chi connectivity index (χ1v) is 7.76. The summed E-state index contributed by atoms with van der Waals surface area (Å²) in [6.07, 6.45) is 2.13. The van der Waals surface area contributed by atoms with Crippen molar-refractivity contribution in [2.45, 2.75) is 19.4 Å². The van der Waals surface area contributed by atoms with Gasteiger partial charge < -0.3 is 15.0 Å². The molecule has 1 amide bonds. The molecule has 0 atom stereocenters. The third-order valence-corrected chi connectivity index (χ3v) is 3.93. The summed E-state index contributed by atoms with van der Waals surface area (Å²) in [5.41, 5.74) is 1.43. The Morgan fingerprint density at radius 1 is 1.17 bits per heavy atom. The average molecular weight is 312 g/mol. The van der Waals surface area contributed by atoms with Gasteiger partial charge in [0, 0.05) is 25.2 Å². The molecule has 1 aromatic heterocycles. The number of likely N-dealkylation sites (tertiary alicyclic amines) is 1. The summed E-state index contributed by atoms with van der Waals surface area (Å²) in [6.45, 7) is 2.21. The third kappa shape index (κ3) is 3.59. The SMILES string of the molecule is COc1ccccc1CNc1ccc(C(=O)N2CCCC2)nn1. The summed E-state index contributed by atoms with van der Waals surface area (Å²) in [4.78, 5) is 14.0. The zero-order chi connectivity index (χ0) is 16.1. The normalized spacial score (nSPS) is 13.9. The molecule has 1 aliphatic rings. The fourth-order valence-electron chi connectivity index (χ4n) is 2.66. The van der Waals surface area contributed by atoms with Gasteiger partial charge in [0.2, 0.25) is 0 Å². The third-order valence-electron chi connectivity index (χ3n) is 3.93. The zero-order valence-electron chi connectivity index (χ0n) is 13.2. The zero-order valence-corrected chi connectivity index (χ0v) is 13.2. The van der Waals surface area contributed by atoms with Crippen LogP contribution in [0.15, 0.2) is 36.4 Å². The molecule has 0 radical (unpaired) electrons. The molecule has 1 aliphatic heterocycles. The number of ether oxygens (including phenoxy) is 1. The predicted octanol–water partition coefficient (Wildman–Crippen LogP) is 2.33. The summed E-state index contributed by atoms with van der Waals surface area (Å²) in [7, 11) is 1.65. The van der Waals surface area contributed by atoms with E-state index in [0.29, 0.717) is 18.1 Å². The van der Waals surface area contributed by atoms with Crippen molar-refractivity contribution in [3.05, 3.63) is 47.7 Å². The minimum Gasteiger partial charge on any atom is -0.496 e. The molecule has 1 N–H and O–H groups in total. The highest BCUT2D eigenvalue weighted by Crippen LogP contribution is 2.18. The first-order valence-electron chi connectivity index (χ1n) is 7.76. The lowest BCUT2D eigenvalue weighted by Crippen LogP contribution is -2.28. The summed E-state index contributed by atoms with van der Waals surface area (Å²) in [5.74, 6) is 1.42. The van der Waals surface area contributed by atoms with Crippen molar-refractivity contribution >= 4 is 11.7 Å². The van der Waals surface area contributed by atoms with Crippen molar-refractivity contribution in [3.63, 3.8) is 0 Å². The maximum atomic E-state index is 12.2. The van der Waals surface area contributed by atoms with Crippen molar-refractivity contribution in [2.24, 2.45) is 0 Å². The molecule has 1 aromatic carbocycles. The van der Waals surface area contributed by atoms with Crippen molar-refractivity contribution in [1.82, 2.24) is 15.1 Å². The second-order valence-corrected chi connectivity index (χ2v) is 5.47. The van der Waals surface area contributed by atoms with Crippen LogP contribution in [0.2, 0.25) is 0 Å². The van der Waals surface area contributed by atoms with Gasteiger partial charge in [-0.3, -0.25) is 4.79 Å². The Labute approximate surface area is 135 Å². The standard InChI is InChI=1S/C17H20N4O2/c1-23-15-7-3-2-6-13(15)12-18-16-9-8-14(19-20-16)17(22)21-10-4-5-11-21/h2-3,6-9H,4-5,10-12H2,1H3,(H,18,20). The van der Waals surface area contributed by atoms with Crippen LogP contribution in [0.25, 0.3) is 0 Å². The molecule has 0 aliphatic carbocycles. The van der Waals surface area contributed by atoms with Crippen molar-refractivity contribution < 1.29 is 9.53 Å². The van der Waals surface area contributed by atoms with Gasteiger partial charge in [0.1, 0.15) is 11.6 Å². The molecule has 6 nitrogen and oxygen atoms in total. The number of rotatable bonds is 5. The van der Waals surface area contributed by atoms with Crippen LogP contribution in [0.5, 0.6) is 5.75 Å². The van der Waals surface area contributed by atoms with Gasteiger partial charge in [0.05, 0.1) is 7.11 Å². The Balaban J connectivity index is 1.62. The van der Waals surface area contributed by atoms with Crippen molar-refractivity contribution in [1.29, 1.82) is 0 Å². The van der Waals surface area contributed by atoms with Crippen molar-refractivity contribution in [2.75, 3.05) is 25.5 Å². The number of hydrogen-bond donors (Lipinski definition) is 1. The second-order valence-electron chi connectivity index (χ2n) is 5.47. The minimum absolute atomic E-state index is 0.0359. The fraction of sp³-hybridized carbons (Fsp3) is 0.353. The van der Waals surface area contributed by atoms with E-state index >= 15 is 0 Å². The van der Waals surface area contributed by atoms with E-state index in [4.69, 9.17) is 4.74 Å². The number of amides is 1. The highest BCUT2D eigenvalue weighted by Gasteiger charge is 2.20. The van der Waals surface area contributed by atoms with E-state index in [9.17, 15) is 4.79 Å². The molecule has 1 fully saturated rings. The molecule has 1 saturated heterocycles. The molecule has 120 valence electrons. The van der Waals surface area contributed by atoms with Gasteiger partial charge in [-0.05, 0) is 31.0 Å². The lowest BCUT2D eigenvalue weighted by atomic mass is 10.2. The lowest BCUT2D eigenvalue weighted by molar-refractivity contribution is 0.0786. The van der Waals surface area contributed by atoms with Crippen LogP contribution in [-0.2, 0) is 6.54 Å². The van der Waals surface area contributed by atoms with Gasteiger partial charge in [0.25, 0.3) is 5.91 Å². The summed E-state index contributed by atoms with van der Waals surface area (Å²) < 4.78 is 5.32. The van der Waals surface area contributed by atoms with Crippen molar-refractivity contribution in [3.8, 4) is 5.75 Å². The van der Waals surface area contributed by atoms with E-state index in [1.165, 1.54) is 0 Å². The summed E-state index contributed by atoms with van der Waals surface area (Å²) >= 11 is 0. The highest BCUT2D eigenvalue weighted by molar-refractivity contribution is 5.92. The van der Waals surface area contributed by atoms with Crippen LogP contribution in [0.1, 0.15) is 28.9 Å².